The van der Waals surface area contributed by atoms with Crippen molar-refractivity contribution >= 4 is 0 Å². The summed E-state index contributed by atoms with van der Waals surface area (Å²) in [6.07, 6.45) is 0.942. The molecular formula is C20H26N2O3. The molecule has 2 saturated heterocycles. The van der Waals surface area contributed by atoms with Crippen LogP contribution >= 0.6 is 0 Å². The monoisotopic (exact) mass is 342 g/mol. The summed E-state index contributed by atoms with van der Waals surface area (Å²) in [7, 11) is 0. The van der Waals surface area contributed by atoms with Gasteiger partial charge in [-0.2, -0.15) is 0 Å². The highest BCUT2D eigenvalue weighted by atomic mass is 16.5. The van der Waals surface area contributed by atoms with Crippen LogP contribution in [0.2, 0.25) is 0 Å². The summed E-state index contributed by atoms with van der Waals surface area (Å²) < 4.78 is 11.5. The Balaban J connectivity index is 1.51. The maximum Gasteiger partial charge on any atom is 0.226 e. The Morgan fingerprint density at radius 2 is 2.08 bits per heavy atom. The molecule has 3 heterocycles. The fourth-order valence-corrected chi connectivity index (χ4v) is 4.14. The number of likely N-dealkylation sites (tertiary alicyclic amines) is 1. The highest BCUT2D eigenvalue weighted by Crippen LogP contribution is 2.42. The predicted molar refractivity (Wildman–Crippen MR) is 95.1 cm³/mol. The quantitative estimate of drug-likeness (QED) is 0.926. The molecule has 0 radical (unpaired) electrons. The van der Waals surface area contributed by atoms with Gasteiger partial charge in [-0.25, -0.2) is 4.98 Å². The second-order valence-electron chi connectivity index (χ2n) is 7.60. The minimum atomic E-state index is -0.00429. The van der Waals surface area contributed by atoms with Crippen LogP contribution < -0.4 is 0 Å². The van der Waals surface area contributed by atoms with E-state index in [1.54, 1.807) is 0 Å². The first-order valence-electron chi connectivity index (χ1n) is 9.04. The van der Waals surface area contributed by atoms with Gasteiger partial charge in [0.2, 0.25) is 5.89 Å². The second kappa shape index (κ2) is 6.56. The third-order valence-electron chi connectivity index (χ3n) is 5.83. The van der Waals surface area contributed by atoms with Crippen LogP contribution in [-0.2, 0) is 11.3 Å². The van der Waals surface area contributed by atoms with E-state index in [0.717, 1.165) is 56.3 Å². The zero-order valence-corrected chi connectivity index (χ0v) is 15.0. The smallest absolute Gasteiger partial charge is 0.226 e. The Kier molecular flexibility index (Phi) is 4.40. The largest absolute Gasteiger partial charge is 0.441 e. The lowest BCUT2D eigenvalue weighted by Crippen LogP contribution is -2.41. The van der Waals surface area contributed by atoms with Crippen LogP contribution in [-0.4, -0.2) is 47.9 Å². The normalized spacial score (nSPS) is 26.8. The summed E-state index contributed by atoms with van der Waals surface area (Å²) >= 11 is 0. The molecule has 1 aromatic carbocycles. The molecule has 2 atom stereocenters. The van der Waals surface area contributed by atoms with Gasteiger partial charge in [0.25, 0.3) is 0 Å². The Bertz CT molecular complexity index is 740. The standard InChI is InChI=1S/C20H26N2O3/c1-14-3-5-16(6-4-14)19-21-18(15(2)25-19)10-22-9-17-11-24-8-7-20(17,12-22)13-23/h3-6,17,23H,7-13H2,1-2H3/t17-,20-/m1/s1. The molecular weight excluding hydrogens is 316 g/mol. The first kappa shape index (κ1) is 16.8. The number of aliphatic hydroxyl groups is 1. The lowest BCUT2D eigenvalue weighted by Gasteiger charge is -2.36. The van der Waals surface area contributed by atoms with E-state index in [9.17, 15) is 5.11 Å². The maximum absolute atomic E-state index is 9.95. The van der Waals surface area contributed by atoms with Crippen molar-refractivity contribution < 1.29 is 14.3 Å². The Morgan fingerprint density at radius 1 is 1.28 bits per heavy atom. The van der Waals surface area contributed by atoms with Gasteiger partial charge in [0.1, 0.15) is 5.76 Å². The van der Waals surface area contributed by atoms with Crippen molar-refractivity contribution in [2.24, 2.45) is 11.3 Å². The molecule has 0 saturated carbocycles. The van der Waals surface area contributed by atoms with Crippen LogP contribution in [0.3, 0.4) is 0 Å². The SMILES string of the molecule is Cc1ccc(-c2nc(CN3C[C@@H]4COCC[C@]4(CO)C3)c(C)o2)cc1. The molecule has 0 amide bonds. The minimum absolute atomic E-state index is 0.00429. The third kappa shape index (κ3) is 3.12. The Hall–Kier alpha value is -1.69. The molecule has 0 aliphatic carbocycles. The number of hydrogen-bond acceptors (Lipinski definition) is 5. The zero-order valence-electron chi connectivity index (χ0n) is 15.0. The predicted octanol–water partition coefficient (Wildman–Crippen LogP) is 2.79. The summed E-state index contributed by atoms with van der Waals surface area (Å²) in [6.45, 7) is 8.42. The highest BCUT2D eigenvalue weighted by molar-refractivity contribution is 5.54. The average molecular weight is 342 g/mol. The fraction of sp³-hybridized carbons (Fsp3) is 0.550. The molecule has 2 aliphatic heterocycles. The maximum atomic E-state index is 9.95. The minimum Gasteiger partial charge on any atom is -0.441 e. The van der Waals surface area contributed by atoms with Gasteiger partial charge in [-0.15, -0.1) is 0 Å². The van der Waals surface area contributed by atoms with Gasteiger partial charge in [0.15, 0.2) is 0 Å². The highest BCUT2D eigenvalue weighted by Gasteiger charge is 2.47. The molecule has 2 aliphatic rings. The topological polar surface area (TPSA) is 58.7 Å². The van der Waals surface area contributed by atoms with E-state index in [1.807, 2.05) is 19.1 Å². The van der Waals surface area contributed by atoms with Crippen molar-refractivity contribution in [1.29, 1.82) is 0 Å². The van der Waals surface area contributed by atoms with E-state index in [2.05, 4.69) is 24.0 Å². The average Bonchev–Trinajstić information content (AvgIpc) is 3.16. The number of oxazole rings is 1. The number of hydrogen-bond donors (Lipinski definition) is 1. The first-order chi connectivity index (χ1) is 12.1. The van der Waals surface area contributed by atoms with Crippen molar-refractivity contribution in [2.45, 2.75) is 26.8 Å². The number of rotatable bonds is 4. The second-order valence-corrected chi connectivity index (χ2v) is 7.60. The summed E-state index contributed by atoms with van der Waals surface area (Å²) in [5.41, 5.74) is 3.22. The molecule has 5 heteroatoms. The summed E-state index contributed by atoms with van der Waals surface area (Å²) in [6, 6.07) is 8.25. The van der Waals surface area contributed by atoms with Crippen LogP contribution in [0, 0.1) is 25.2 Å². The Morgan fingerprint density at radius 3 is 2.80 bits per heavy atom. The number of aromatic nitrogens is 1. The summed E-state index contributed by atoms with van der Waals surface area (Å²) in [4.78, 5) is 7.13. The van der Waals surface area contributed by atoms with Crippen LogP contribution in [0.4, 0.5) is 0 Å². The van der Waals surface area contributed by atoms with Gasteiger partial charge in [-0.3, -0.25) is 4.90 Å². The number of fused-ring (bicyclic) bond motifs is 1. The van der Waals surface area contributed by atoms with E-state index < -0.39 is 0 Å². The van der Waals surface area contributed by atoms with E-state index >= 15 is 0 Å². The van der Waals surface area contributed by atoms with Crippen LogP contribution in [0.1, 0.15) is 23.4 Å². The lowest BCUT2D eigenvalue weighted by atomic mass is 9.75. The summed E-state index contributed by atoms with van der Waals surface area (Å²) in [5, 5.41) is 9.95. The van der Waals surface area contributed by atoms with Gasteiger partial charge in [-0.1, -0.05) is 17.7 Å². The van der Waals surface area contributed by atoms with E-state index in [0.29, 0.717) is 11.8 Å². The molecule has 0 unspecified atom stereocenters. The number of aryl methyl sites for hydroxylation is 2. The molecule has 4 rings (SSSR count). The third-order valence-corrected chi connectivity index (χ3v) is 5.83. The lowest BCUT2D eigenvalue weighted by molar-refractivity contribution is -0.0417. The number of nitrogens with zero attached hydrogens (tertiary/aromatic N) is 2. The van der Waals surface area contributed by atoms with Crippen molar-refractivity contribution in [1.82, 2.24) is 9.88 Å². The van der Waals surface area contributed by atoms with Gasteiger partial charge >= 0.3 is 0 Å². The molecule has 134 valence electrons. The molecule has 2 aromatic rings. The van der Waals surface area contributed by atoms with Crippen molar-refractivity contribution in [3.8, 4) is 11.5 Å². The molecule has 1 aromatic heterocycles. The summed E-state index contributed by atoms with van der Waals surface area (Å²) in [5.74, 6) is 1.97. The van der Waals surface area contributed by atoms with Gasteiger partial charge in [0.05, 0.1) is 18.9 Å². The first-order valence-corrected chi connectivity index (χ1v) is 9.04. The number of ether oxygens (including phenoxy) is 1. The molecule has 1 N–H and O–H groups in total. The molecule has 5 nitrogen and oxygen atoms in total. The molecule has 0 bridgehead atoms. The van der Waals surface area contributed by atoms with Gasteiger partial charge in [0, 0.05) is 43.1 Å². The number of benzene rings is 1. The van der Waals surface area contributed by atoms with Crippen molar-refractivity contribution in [3.63, 3.8) is 0 Å². The van der Waals surface area contributed by atoms with E-state index in [1.165, 1.54) is 5.56 Å². The Labute approximate surface area is 148 Å². The molecule has 0 spiro atoms. The van der Waals surface area contributed by atoms with E-state index in [-0.39, 0.29) is 12.0 Å². The fourth-order valence-electron chi connectivity index (χ4n) is 4.14. The van der Waals surface area contributed by atoms with Gasteiger partial charge in [-0.05, 0) is 32.4 Å². The zero-order chi connectivity index (χ0) is 17.4. The van der Waals surface area contributed by atoms with E-state index in [4.69, 9.17) is 14.1 Å². The van der Waals surface area contributed by atoms with Crippen molar-refractivity contribution in [3.05, 3.63) is 41.3 Å². The van der Waals surface area contributed by atoms with Crippen LogP contribution in [0.5, 0.6) is 0 Å². The van der Waals surface area contributed by atoms with Crippen LogP contribution in [0.15, 0.2) is 28.7 Å². The van der Waals surface area contributed by atoms with Crippen LogP contribution in [0.25, 0.3) is 11.5 Å². The number of aliphatic hydroxyl groups excluding tert-OH is 1. The molecule has 2 fully saturated rings. The molecule has 25 heavy (non-hydrogen) atoms. The van der Waals surface area contributed by atoms with Gasteiger partial charge < -0.3 is 14.3 Å². The van der Waals surface area contributed by atoms with Crippen molar-refractivity contribution in [2.75, 3.05) is 32.9 Å².